The molecule has 134 valence electrons. The van der Waals surface area contributed by atoms with Crippen LogP contribution in [0.5, 0.6) is 0 Å². The smallest absolute Gasteiger partial charge is 0.245 e. The van der Waals surface area contributed by atoms with Gasteiger partial charge in [0, 0.05) is 30.3 Å². The third-order valence-electron chi connectivity index (χ3n) is 5.56. The van der Waals surface area contributed by atoms with Gasteiger partial charge in [-0.05, 0) is 33.6 Å². The molecule has 8 heteroatoms. The Labute approximate surface area is 150 Å². The van der Waals surface area contributed by atoms with E-state index in [4.69, 9.17) is 0 Å². The van der Waals surface area contributed by atoms with Crippen LogP contribution in [0.3, 0.4) is 0 Å². The Morgan fingerprint density at radius 2 is 2.08 bits per heavy atom. The highest BCUT2D eigenvalue weighted by Gasteiger charge is 2.43. The fraction of sp³-hybridized carbons (Fsp3) is 0.500. The number of carbonyl (C=O) groups is 1. The minimum absolute atomic E-state index is 0.0857. The standard InChI is InChI=1S/C18H21N7O/c1-10-6-17-19-8-14-15-5-4-13(7-16(14)25(17)21-10)24(15)18(26)9-23-12(3)20-11(2)22-23/h6,8,13,15H,4-5,7,9H2,1-3H3/t13-,15+/m0/s1. The Morgan fingerprint density at radius 3 is 2.85 bits per heavy atom. The molecule has 1 amide bonds. The normalized spacial score (nSPS) is 21.4. The molecule has 0 radical (unpaired) electrons. The van der Waals surface area contributed by atoms with Crippen molar-refractivity contribution in [2.75, 3.05) is 0 Å². The molecular formula is C18H21N7O. The van der Waals surface area contributed by atoms with Crippen molar-refractivity contribution in [1.82, 2.24) is 34.3 Å². The Morgan fingerprint density at radius 1 is 1.23 bits per heavy atom. The second-order valence-corrected chi connectivity index (χ2v) is 7.33. The first-order chi connectivity index (χ1) is 12.5. The topological polar surface area (TPSA) is 81.2 Å². The summed E-state index contributed by atoms with van der Waals surface area (Å²) in [4.78, 5) is 24.0. The first-order valence-corrected chi connectivity index (χ1v) is 9.04. The first kappa shape index (κ1) is 15.5. The summed E-state index contributed by atoms with van der Waals surface area (Å²) in [6.07, 6.45) is 4.75. The van der Waals surface area contributed by atoms with Crippen molar-refractivity contribution in [3.8, 4) is 0 Å². The number of amides is 1. The van der Waals surface area contributed by atoms with Crippen molar-refractivity contribution in [3.63, 3.8) is 0 Å². The van der Waals surface area contributed by atoms with Crippen LogP contribution >= 0.6 is 0 Å². The van der Waals surface area contributed by atoms with Crippen LogP contribution in [0.25, 0.3) is 5.65 Å². The Bertz CT molecular complexity index is 1030. The molecular weight excluding hydrogens is 330 g/mol. The lowest BCUT2D eigenvalue weighted by molar-refractivity contribution is -0.135. The van der Waals surface area contributed by atoms with Crippen LogP contribution < -0.4 is 0 Å². The SMILES string of the molecule is Cc1cc2ncc3c(n2n1)C[C@@H]1CC[C@H]3N1C(=O)Cn1nc(C)nc1C. The maximum Gasteiger partial charge on any atom is 0.245 e. The molecule has 0 spiro atoms. The summed E-state index contributed by atoms with van der Waals surface area (Å²) >= 11 is 0. The van der Waals surface area contributed by atoms with Crippen LogP contribution in [0.4, 0.5) is 0 Å². The van der Waals surface area contributed by atoms with Crippen LogP contribution in [0.2, 0.25) is 0 Å². The zero-order valence-corrected chi connectivity index (χ0v) is 15.2. The quantitative estimate of drug-likeness (QED) is 0.699. The summed E-state index contributed by atoms with van der Waals surface area (Å²) in [7, 11) is 0. The fourth-order valence-corrected chi connectivity index (χ4v) is 4.50. The maximum atomic E-state index is 13.1. The number of hydrogen-bond donors (Lipinski definition) is 0. The molecule has 8 nitrogen and oxygen atoms in total. The number of aromatic nitrogens is 6. The molecule has 5 rings (SSSR count). The van der Waals surface area contributed by atoms with Crippen molar-refractivity contribution in [3.05, 3.63) is 40.9 Å². The summed E-state index contributed by atoms with van der Waals surface area (Å²) in [5.41, 5.74) is 4.18. The number of rotatable bonds is 2. The van der Waals surface area contributed by atoms with Gasteiger partial charge in [0.1, 0.15) is 18.2 Å². The van der Waals surface area contributed by atoms with E-state index in [1.807, 2.05) is 42.4 Å². The molecule has 0 aliphatic carbocycles. The lowest BCUT2D eigenvalue weighted by atomic mass is 9.99. The van der Waals surface area contributed by atoms with Gasteiger partial charge in [-0.2, -0.15) is 10.2 Å². The molecule has 26 heavy (non-hydrogen) atoms. The largest absolute Gasteiger partial charge is 0.331 e. The predicted octanol–water partition coefficient (Wildman–Crippen LogP) is 1.53. The van der Waals surface area contributed by atoms with E-state index in [1.54, 1.807) is 4.68 Å². The lowest BCUT2D eigenvalue weighted by Crippen LogP contribution is -2.44. The molecule has 0 N–H and O–H groups in total. The Hall–Kier alpha value is -2.77. The van der Waals surface area contributed by atoms with E-state index in [1.165, 1.54) is 5.69 Å². The molecule has 2 atom stereocenters. The minimum Gasteiger partial charge on any atom is -0.331 e. The fourth-order valence-electron chi connectivity index (χ4n) is 4.50. The van der Waals surface area contributed by atoms with E-state index >= 15 is 0 Å². The van der Waals surface area contributed by atoms with E-state index in [-0.39, 0.29) is 24.5 Å². The van der Waals surface area contributed by atoms with Gasteiger partial charge in [0.25, 0.3) is 0 Å². The van der Waals surface area contributed by atoms with E-state index in [0.29, 0.717) is 5.82 Å². The molecule has 2 aliphatic rings. The van der Waals surface area contributed by atoms with Crippen LogP contribution in [-0.2, 0) is 17.8 Å². The van der Waals surface area contributed by atoms with Crippen molar-refractivity contribution < 1.29 is 4.79 Å². The first-order valence-electron chi connectivity index (χ1n) is 9.04. The lowest BCUT2D eigenvalue weighted by Gasteiger charge is -2.36. The monoisotopic (exact) mass is 351 g/mol. The highest BCUT2D eigenvalue weighted by Crippen LogP contribution is 2.43. The molecule has 1 saturated heterocycles. The summed E-state index contributed by atoms with van der Waals surface area (Å²) < 4.78 is 3.66. The van der Waals surface area contributed by atoms with Gasteiger partial charge in [0.15, 0.2) is 5.65 Å². The highest BCUT2D eigenvalue weighted by molar-refractivity contribution is 5.78. The van der Waals surface area contributed by atoms with Crippen molar-refractivity contribution in [1.29, 1.82) is 0 Å². The van der Waals surface area contributed by atoms with Crippen molar-refractivity contribution in [2.24, 2.45) is 0 Å². The average molecular weight is 351 g/mol. The van der Waals surface area contributed by atoms with Crippen LogP contribution in [0.1, 0.15) is 47.5 Å². The molecule has 2 aliphatic heterocycles. The zero-order chi connectivity index (χ0) is 18.0. The third-order valence-corrected chi connectivity index (χ3v) is 5.56. The van der Waals surface area contributed by atoms with Gasteiger partial charge >= 0.3 is 0 Å². The van der Waals surface area contributed by atoms with E-state index in [0.717, 1.165) is 42.0 Å². The number of carbonyl (C=O) groups excluding carboxylic acids is 1. The van der Waals surface area contributed by atoms with Crippen molar-refractivity contribution >= 4 is 11.6 Å². The van der Waals surface area contributed by atoms with E-state index < -0.39 is 0 Å². The molecule has 2 bridgehead atoms. The molecule has 5 heterocycles. The number of aryl methyl sites for hydroxylation is 3. The second kappa shape index (κ2) is 5.36. The van der Waals surface area contributed by atoms with Crippen LogP contribution in [-0.4, -0.2) is 46.2 Å². The summed E-state index contributed by atoms with van der Waals surface area (Å²) in [6.45, 7) is 5.95. The molecule has 3 aromatic heterocycles. The van der Waals surface area contributed by atoms with Gasteiger partial charge in [0.2, 0.25) is 5.91 Å². The second-order valence-electron chi connectivity index (χ2n) is 7.33. The number of hydrogen-bond acceptors (Lipinski definition) is 5. The summed E-state index contributed by atoms with van der Waals surface area (Å²) in [6, 6.07) is 2.30. The number of fused-ring (bicyclic) bond motifs is 6. The van der Waals surface area contributed by atoms with Crippen LogP contribution in [0, 0.1) is 20.8 Å². The molecule has 0 aromatic carbocycles. The minimum atomic E-state index is 0.0857. The Balaban J connectivity index is 1.50. The van der Waals surface area contributed by atoms with E-state index in [9.17, 15) is 4.79 Å². The van der Waals surface area contributed by atoms with Gasteiger partial charge in [-0.1, -0.05) is 0 Å². The third kappa shape index (κ3) is 2.17. The molecule has 0 saturated carbocycles. The van der Waals surface area contributed by atoms with Gasteiger partial charge in [-0.3, -0.25) is 4.79 Å². The summed E-state index contributed by atoms with van der Waals surface area (Å²) in [5.74, 6) is 1.58. The molecule has 3 aromatic rings. The van der Waals surface area contributed by atoms with Crippen LogP contribution in [0.15, 0.2) is 12.3 Å². The van der Waals surface area contributed by atoms with Gasteiger partial charge in [-0.15, -0.1) is 0 Å². The van der Waals surface area contributed by atoms with Gasteiger partial charge in [0.05, 0.1) is 17.4 Å². The molecule has 1 fully saturated rings. The predicted molar refractivity (Wildman–Crippen MR) is 93.5 cm³/mol. The highest BCUT2D eigenvalue weighted by atomic mass is 16.2. The zero-order valence-electron chi connectivity index (χ0n) is 15.2. The maximum absolute atomic E-state index is 13.1. The van der Waals surface area contributed by atoms with Gasteiger partial charge in [-0.25, -0.2) is 19.2 Å². The van der Waals surface area contributed by atoms with Gasteiger partial charge < -0.3 is 4.90 Å². The van der Waals surface area contributed by atoms with E-state index in [2.05, 4.69) is 20.2 Å². The Kier molecular flexibility index (Phi) is 3.19. The van der Waals surface area contributed by atoms with Crippen molar-refractivity contribution in [2.45, 2.75) is 58.7 Å². The molecule has 0 unspecified atom stereocenters. The summed E-state index contributed by atoms with van der Waals surface area (Å²) in [5, 5.41) is 8.94. The number of nitrogens with zero attached hydrogens (tertiary/aromatic N) is 7. The average Bonchev–Trinajstić information content (AvgIpc) is 3.22.